The van der Waals surface area contributed by atoms with Gasteiger partial charge in [-0.2, -0.15) is 0 Å². The number of furan rings is 1. The summed E-state index contributed by atoms with van der Waals surface area (Å²) >= 11 is 0. The van der Waals surface area contributed by atoms with Gasteiger partial charge in [-0.15, -0.1) is 0 Å². The van der Waals surface area contributed by atoms with Crippen LogP contribution in [0.2, 0.25) is 0 Å². The van der Waals surface area contributed by atoms with Gasteiger partial charge in [-0.3, -0.25) is 0 Å². The topological polar surface area (TPSA) is 23.0 Å². The molecule has 3 nitrogen and oxygen atoms in total. The third kappa shape index (κ3) is 4.86. The molecule has 0 radical (unpaired) electrons. The predicted molar refractivity (Wildman–Crippen MR) is 242 cm³/mol. The molecule has 58 heavy (non-hydrogen) atoms. The number of para-hydroxylation sites is 3. The highest BCUT2D eigenvalue weighted by Gasteiger charge is 2.28. The molecule has 2 unspecified atom stereocenters. The van der Waals surface area contributed by atoms with Crippen LogP contribution in [0.4, 0.5) is 0 Å². The molecule has 0 amide bonds. The van der Waals surface area contributed by atoms with Crippen molar-refractivity contribution in [3.05, 3.63) is 210 Å². The molecule has 274 valence electrons. The molecule has 0 saturated carbocycles. The predicted octanol–water partition coefficient (Wildman–Crippen LogP) is 14.6. The Labute approximate surface area is 365 Å². The van der Waals surface area contributed by atoms with Crippen molar-refractivity contribution in [2.75, 3.05) is 0 Å². The lowest BCUT2D eigenvalue weighted by Crippen LogP contribution is -2.09. The van der Waals surface area contributed by atoms with Crippen LogP contribution in [-0.2, 0) is 6.40 Å². The number of benzene rings is 8. The maximum Gasteiger partial charge on any atom is 0.159 e. The van der Waals surface area contributed by atoms with Gasteiger partial charge in [0.25, 0.3) is 0 Å². The number of fused-ring (bicyclic) bond motifs is 9. The number of hydrogen-bond acceptors (Lipinski definition) is 1. The summed E-state index contributed by atoms with van der Waals surface area (Å²) in [5, 5.41) is -0.272. The van der Waals surface area contributed by atoms with Gasteiger partial charge in [0, 0.05) is 47.0 Å². The van der Waals surface area contributed by atoms with E-state index in [1.165, 1.54) is 27.3 Å². The van der Waals surface area contributed by atoms with Crippen LogP contribution in [0, 0.1) is 6.90 Å². The van der Waals surface area contributed by atoms with Crippen molar-refractivity contribution < 1.29 is 33.2 Å². The van der Waals surface area contributed by atoms with E-state index in [1.807, 2.05) is 36.4 Å². The summed E-state index contributed by atoms with van der Waals surface area (Å²) in [6.07, 6.45) is -1.83. The summed E-state index contributed by atoms with van der Waals surface area (Å²) in [6, 6.07) is 10.7. The summed E-state index contributed by atoms with van der Waals surface area (Å²) in [5.74, 6) is -1.65. The van der Waals surface area contributed by atoms with Gasteiger partial charge in [0.15, 0.2) is 5.58 Å². The zero-order valence-corrected chi connectivity index (χ0v) is 30.2. The van der Waals surface area contributed by atoms with Crippen molar-refractivity contribution in [1.29, 1.82) is 0 Å². The van der Waals surface area contributed by atoms with Crippen molar-refractivity contribution in [1.82, 2.24) is 9.13 Å². The smallest absolute Gasteiger partial charge is 0.159 e. The van der Waals surface area contributed by atoms with E-state index in [1.54, 1.807) is 18.2 Å². The highest BCUT2D eigenvalue weighted by molar-refractivity contribution is 6.15. The van der Waals surface area contributed by atoms with Crippen LogP contribution in [0.5, 0.6) is 0 Å². The highest BCUT2D eigenvalue weighted by Crippen LogP contribution is 2.46. The Bertz CT molecular complexity index is 4610. The molecule has 3 aromatic heterocycles. The minimum Gasteiger partial charge on any atom is -0.454 e. The standard InChI is InChI=1S/C55H38N2O/c1-35-29-31-49-54(43-22-9-11-26-47(43)56(49)40-20-12-19-38(33-40)36-15-4-2-5-16-36)52(35)39-30-32-48-45(34-39)42-21-8-10-25-46(42)57(48)50-27-13-24-44-53-41(37-17-6-3-7-18-37)23-14-28-51(53)58-55(44)50/h2-33,39H,34H2,1H3/i1D,3D,6D,8D,9D,10D,11D,13D,14D,17D,18D,21D,23D,25D,26D,28D,29D,30D,31D,32D,34D. The van der Waals surface area contributed by atoms with E-state index in [9.17, 15) is 12.3 Å². The fourth-order valence-corrected chi connectivity index (χ4v) is 8.27. The summed E-state index contributed by atoms with van der Waals surface area (Å²) in [6.45, 7) is -0.692. The van der Waals surface area contributed by atoms with E-state index in [0.29, 0.717) is 5.69 Å². The molecule has 3 heteroatoms. The maximum atomic E-state index is 10.4. The second-order valence-electron chi connectivity index (χ2n) is 13.9. The molecule has 8 aromatic carbocycles. The summed E-state index contributed by atoms with van der Waals surface area (Å²) < 4.78 is 202. The fraction of sp³-hybridized carbons (Fsp3) is 0.0545. The Morgan fingerprint density at radius 3 is 2.40 bits per heavy atom. The van der Waals surface area contributed by atoms with Crippen LogP contribution in [0.1, 0.15) is 57.1 Å². The Kier molecular flexibility index (Phi) is 4.04. The molecule has 0 aliphatic heterocycles. The molecule has 2 atom stereocenters. The van der Waals surface area contributed by atoms with Gasteiger partial charge in [0.1, 0.15) is 5.58 Å². The van der Waals surface area contributed by atoms with Gasteiger partial charge < -0.3 is 13.6 Å². The number of rotatable bonds is 5. The Morgan fingerprint density at radius 1 is 0.621 bits per heavy atom. The second-order valence-corrected chi connectivity index (χ2v) is 13.9. The first-order valence-corrected chi connectivity index (χ1v) is 18.3. The van der Waals surface area contributed by atoms with Crippen LogP contribution in [-0.4, -0.2) is 9.13 Å². The van der Waals surface area contributed by atoms with Crippen molar-refractivity contribution in [2.24, 2.45) is 0 Å². The van der Waals surface area contributed by atoms with E-state index in [-0.39, 0.29) is 106 Å². The molecule has 11 aromatic rings. The normalized spacial score (nSPS) is 20.7. The SMILES string of the molecule is [2H]Cc1c([2H])c([2H])c2c(c1C1C([2H])=C([2H])c3c(c4c([2H])c([2H])c([2H])c([2H])c4n3-c3cc([2H])cc4c3oc3c([2H])c([2H])c([2H])c(-c5c([2H])cc([2H])c([2H])c5[2H])c34)C1[2H])c1cc([2H])c([2H])c([2H])c1n2-c1cccc(-c2ccccc2)c1. The van der Waals surface area contributed by atoms with Gasteiger partial charge >= 0.3 is 0 Å². The van der Waals surface area contributed by atoms with Gasteiger partial charge in [-0.1, -0.05) is 145 Å². The first-order valence-electron chi connectivity index (χ1n) is 29.1. The van der Waals surface area contributed by atoms with Gasteiger partial charge in [-0.25, -0.2) is 0 Å². The van der Waals surface area contributed by atoms with E-state index < -0.39 is 122 Å². The lowest BCUT2D eigenvalue weighted by Gasteiger charge is -2.22. The lowest BCUT2D eigenvalue weighted by atomic mass is 9.82. The van der Waals surface area contributed by atoms with Gasteiger partial charge in [0.05, 0.1) is 48.3 Å². The van der Waals surface area contributed by atoms with E-state index in [2.05, 4.69) is 0 Å². The molecule has 1 aliphatic rings. The van der Waals surface area contributed by atoms with Crippen LogP contribution < -0.4 is 0 Å². The third-order valence-electron chi connectivity index (χ3n) is 10.7. The average Bonchev–Trinajstić information content (AvgIpc) is 4.04. The third-order valence-corrected chi connectivity index (χ3v) is 10.7. The van der Waals surface area contributed by atoms with Crippen LogP contribution in [0.15, 0.2) is 192 Å². The molecule has 1 aliphatic carbocycles. The minimum atomic E-state index is -1.83. The Hall–Kier alpha value is -7.36. The molecule has 3 heterocycles. The van der Waals surface area contributed by atoms with E-state index >= 15 is 0 Å². The number of nitrogens with zero attached hydrogens (tertiary/aromatic N) is 2. The van der Waals surface area contributed by atoms with Crippen molar-refractivity contribution in [3.8, 4) is 33.6 Å². The minimum absolute atomic E-state index is 0.0124. The van der Waals surface area contributed by atoms with Crippen molar-refractivity contribution in [2.45, 2.75) is 19.2 Å². The molecule has 12 rings (SSSR count). The highest BCUT2D eigenvalue weighted by atomic mass is 16.3. The van der Waals surface area contributed by atoms with Gasteiger partial charge in [0.2, 0.25) is 0 Å². The first-order chi connectivity index (χ1) is 37.5. The second kappa shape index (κ2) is 12.8. The number of allylic oxidation sites excluding steroid dienone is 1. The van der Waals surface area contributed by atoms with Crippen LogP contribution in [0.3, 0.4) is 0 Å². The fourth-order valence-electron chi connectivity index (χ4n) is 8.27. The summed E-state index contributed by atoms with van der Waals surface area (Å²) in [5.41, 5.74) is -0.489. The molecule has 0 saturated heterocycles. The molecule has 0 spiro atoms. The molecule has 0 N–H and O–H groups in total. The number of hydrogen-bond donors (Lipinski definition) is 0. The number of aromatic nitrogens is 2. The Morgan fingerprint density at radius 2 is 1.47 bits per heavy atom. The zero-order chi connectivity index (χ0) is 56.4. The quantitative estimate of drug-likeness (QED) is 0.171. The summed E-state index contributed by atoms with van der Waals surface area (Å²) in [7, 11) is 0. The van der Waals surface area contributed by atoms with Gasteiger partial charge in [-0.05, 0) is 101 Å². The first kappa shape index (κ1) is 18.3. The molecule has 0 fully saturated rings. The largest absolute Gasteiger partial charge is 0.454 e. The monoisotopic (exact) mass is 763 g/mol. The molecular formula is C55H38N2O. The zero-order valence-electron chi connectivity index (χ0n) is 51.2. The molecular weight excluding hydrogens is 705 g/mol. The van der Waals surface area contributed by atoms with Crippen molar-refractivity contribution in [3.63, 3.8) is 0 Å². The van der Waals surface area contributed by atoms with Crippen molar-refractivity contribution >= 4 is 60.7 Å². The van der Waals surface area contributed by atoms with E-state index in [0.717, 1.165) is 17.2 Å². The Balaban J connectivity index is 1.21. The average molecular weight is 764 g/mol. The summed E-state index contributed by atoms with van der Waals surface area (Å²) in [4.78, 5) is 0. The maximum absolute atomic E-state index is 10.4. The lowest BCUT2D eigenvalue weighted by molar-refractivity contribution is 0.665. The molecule has 0 bridgehead atoms. The van der Waals surface area contributed by atoms with Crippen LogP contribution in [0.25, 0.3) is 94.3 Å². The van der Waals surface area contributed by atoms with E-state index in [4.69, 9.17) is 20.9 Å². The van der Waals surface area contributed by atoms with Crippen LogP contribution >= 0.6 is 0 Å².